The number of nitro groups is 1. The van der Waals surface area contributed by atoms with Gasteiger partial charge in [0.2, 0.25) is 0 Å². The zero-order chi connectivity index (χ0) is 26.0. The largest absolute Gasteiger partial charge is 0.411 e. The van der Waals surface area contributed by atoms with Gasteiger partial charge < -0.3 is 19.0 Å². The Bertz CT molecular complexity index is 1170. The lowest BCUT2D eigenvalue weighted by molar-refractivity contribution is -0.386. The SMILES string of the molecule is CC(C)(C)[Si](C)(C)O[C@@H]1C[C@H](n2cc(COCc3ccccc3[N+](=O)[O-])c(=O)[nH]c2=O)O[C@@H]1CO. The number of aromatic amines is 1. The van der Waals surface area contributed by atoms with Crippen molar-refractivity contribution in [2.45, 2.75) is 77.0 Å². The molecule has 1 fully saturated rings. The second-order valence-corrected chi connectivity index (χ2v) is 14.9. The Kier molecular flexibility index (Phi) is 8.12. The number of benzene rings is 1. The van der Waals surface area contributed by atoms with Crippen LogP contribution in [0.2, 0.25) is 18.1 Å². The summed E-state index contributed by atoms with van der Waals surface area (Å²) in [6.07, 6.45) is -0.0382. The quantitative estimate of drug-likeness (QED) is 0.299. The Morgan fingerprint density at radius 3 is 2.51 bits per heavy atom. The van der Waals surface area contributed by atoms with Crippen LogP contribution in [0.5, 0.6) is 0 Å². The van der Waals surface area contributed by atoms with Crippen molar-refractivity contribution < 1.29 is 23.9 Å². The number of aliphatic hydroxyl groups excluding tert-OH is 1. The molecule has 0 amide bonds. The van der Waals surface area contributed by atoms with Gasteiger partial charge in [-0.1, -0.05) is 32.9 Å². The molecule has 1 aliphatic rings. The molecule has 1 saturated heterocycles. The van der Waals surface area contributed by atoms with Crippen molar-refractivity contribution in [3.8, 4) is 0 Å². The first-order valence-electron chi connectivity index (χ1n) is 11.4. The maximum atomic E-state index is 12.6. The van der Waals surface area contributed by atoms with Crippen LogP contribution in [0.25, 0.3) is 0 Å². The lowest BCUT2D eigenvalue weighted by Crippen LogP contribution is -2.46. The number of ether oxygens (including phenoxy) is 2. The van der Waals surface area contributed by atoms with E-state index in [0.29, 0.717) is 12.0 Å². The molecule has 0 saturated carbocycles. The number of nitro benzene ring substituents is 1. The van der Waals surface area contributed by atoms with Crippen LogP contribution < -0.4 is 11.2 Å². The van der Waals surface area contributed by atoms with E-state index in [1.165, 1.54) is 16.8 Å². The summed E-state index contributed by atoms with van der Waals surface area (Å²) in [5.74, 6) is 0. The maximum absolute atomic E-state index is 12.6. The van der Waals surface area contributed by atoms with Crippen molar-refractivity contribution in [1.29, 1.82) is 0 Å². The Balaban J connectivity index is 1.76. The number of hydrogen-bond acceptors (Lipinski definition) is 8. The molecular weight excluding hydrogens is 474 g/mol. The maximum Gasteiger partial charge on any atom is 0.330 e. The summed E-state index contributed by atoms with van der Waals surface area (Å²) in [6, 6.07) is 6.18. The Morgan fingerprint density at radius 2 is 1.89 bits per heavy atom. The third-order valence-electron chi connectivity index (χ3n) is 6.67. The normalized spacial score (nSPS) is 20.8. The van der Waals surface area contributed by atoms with Crippen LogP contribution in [0.4, 0.5) is 5.69 Å². The first-order chi connectivity index (χ1) is 16.3. The van der Waals surface area contributed by atoms with Crippen molar-refractivity contribution in [1.82, 2.24) is 9.55 Å². The number of rotatable bonds is 9. The molecule has 0 unspecified atom stereocenters. The second kappa shape index (κ2) is 10.5. The van der Waals surface area contributed by atoms with Crippen LogP contribution >= 0.6 is 0 Å². The second-order valence-electron chi connectivity index (χ2n) is 10.2. The van der Waals surface area contributed by atoms with E-state index in [1.54, 1.807) is 18.2 Å². The molecule has 0 aliphatic carbocycles. The van der Waals surface area contributed by atoms with Gasteiger partial charge in [-0.05, 0) is 24.2 Å². The highest BCUT2D eigenvalue weighted by Gasteiger charge is 2.45. The standard InChI is InChI=1S/C23H33N3O8Si/c1-23(2,3)35(4,5)34-18-10-20(33-19(18)12-27)25-11-16(21(28)24-22(25)29)14-32-13-15-8-6-7-9-17(15)26(30)31/h6-9,11,18-20,27H,10,12-14H2,1-5H3,(H,24,28,29)/t18-,19-,20-/m1/s1. The molecule has 3 rings (SSSR count). The summed E-state index contributed by atoms with van der Waals surface area (Å²) in [4.78, 5) is 37.9. The molecule has 2 N–H and O–H groups in total. The fourth-order valence-corrected chi connectivity index (χ4v) is 5.00. The van der Waals surface area contributed by atoms with E-state index in [-0.39, 0.29) is 36.1 Å². The highest BCUT2D eigenvalue weighted by molar-refractivity contribution is 6.74. The average Bonchev–Trinajstić information content (AvgIpc) is 3.16. The number of aliphatic hydroxyl groups is 1. The Morgan fingerprint density at radius 1 is 1.23 bits per heavy atom. The summed E-state index contributed by atoms with van der Waals surface area (Å²) in [6.45, 7) is 10.0. The molecule has 0 bridgehead atoms. The minimum Gasteiger partial charge on any atom is -0.411 e. The van der Waals surface area contributed by atoms with Crippen molar-refractivity contribution >= 4 is 14.0 Å². The molecule has 12 heteroatoms. The van der Waals surface area contributed by atoms with E-state index in [4.69, 9.17) is 13.9 Å². The Hall–Kier alpha value is -2.64. The topological polar surface area (TPSA) is 146 Å². The van der Waals surface area contributed by atoms with Gasteiger partial charge in [0.15, 0.2) is 8.32 Å². The monoisotopic (exact) mass is 507 g/mol. The summed E-state index contributed by atoms with van der Waals surface area (Å²) < 4.78 is 19.2. The van der Waals surface area contributed by atoms with Crippen molar-refractivity contribution in [2.75, 3.05) is 6.61 Å². The van der Waals surface area contributed by atoms with E-state index in [9.17, 15) is 24.8 Å². The van der Waals surface area contributed by atoms with Crippen LogP contribution in [0, 0.1) is 10.1 Å². The Labute approximate surface area is 203 Å². The minimum absolute atomic E-state index is 0.0434. The molecular formula is C23H33N3O8Si. The summed E-state index contributed by atoms with van der Waals surface area (Å²) >= 11 is 0. The third-order valence-corrected chi connectivity index (χ3v) is 11.2. The number of nitrogens with zero attached hydrogens (tertiary/aromatic N) is 2. The fourth-order valence-electron chi connectivity index (χ4n) is 3.64. The van der Waals surface area contributed by atoms with Crippen molar-refractivity contribution in [3.63, 3.8) is 0 Å². The first kappa shape index (κ1) is 27.0. The van der Waals surface area contributed by atoms with Crippen LogP contribution in [-0.2, 0) is 27.1 Å². The van der Waals surface area contributed by atoms with Crippen molar-refractivity contribution in [3.05, 3.63) is 72.5 Å². The predicted octanol–water partition coefficient (Wildman–Crippen LogP) is 2.83. The van der Waals surface area contributed by atoms with Crippen LogP contribution in [-0.4, -0.2) is 46.7 Å². The number of hydrogen-bond donors (Lipinski definition) is 2. The van der Waals surface area contributed by atoms with Gasteiger partial charge in [0.1, 0.15) is 12.3 Å². The van der Waals surface area contributed by atoms with E-state index >= 15 is 0 Å². The number of nitrogens with one attached hydrogen (secondary N) is 1. The first-order valence-corrected chi connectivity index (χ1v) is 14.3. The molecule has 192 valence electrons. The van der Waals surface area contributed by atoms with Gasteiger partial charge in [0.05, 0.1) is 42.0 Å². The van der Waals surface area contributed by atoms with Gasteiger partial charge >= 0.3 is 5.69 Å². The number of aromatic nitrogens is 2. The number of H-pyrrole nitrogens is 1. The number of para-hydroxylation sites is 1. The molecule has 11 nitrogen and oxygen atoms in total. The molecule has 35 heavy (non-hydrogen) atoms. The molecule has 3 atom stereocenters. The van der Waals surface area contributed by atoms with E-state index in [2.05, 4.69) is 38.8 Å². The van der Waals surface area contributed by atoms with Crippen LogP contribution in [0.3, 0.4) is 0 Å². The smallest absolute Gasteiger partial charge is 0.330 e. The zero-order valence-corrected chi connectivity index (χ0v) is 21.6. The average molecular weight is 508 g/mol. The molecule has 0 radical (unpaired) electrons. The molecule has 1 aliphatic heterocycles. The van der Waals surface area contributed by atoms with E-state index in [0.717, 1.165) is 0 Å². The summed E-state index contributed by atoms with van der Waals surface area (Å²) in [7, 11) is -2.16. The third kappa shape index (κ3) is 6.14. The lowest BCUT2D eigenvalue weighted by atomic mass is 10.2. The van der Waals surface area contributed by atoms with E-state index < -0.39 is 42.9 Å². The molecule has 1 aromatic carbocycles. The van der Waals surface area contributed by atoms with Crippen molar-refractivity contribution in [2.24, 2.45) is 0 Å². The molecule has 2 heterocycles. The fraction of sp³-hybridized carbons (Fsp3) is 0.565. The van der Waals surface area contributed by atoms with Gasteiger partial charge in [-0.15, -0.1) is 0 Å². The zero-order valence-electron chi connectivity index (χ0n) is 20.6. The summed E-state index contributed by atoms with van der Waals surface area (Å²) in [5.41, 5.74) is -0.792. The van der Waals surface area contributed by atoms with E-state index in [1.807, 2.05) is 0 Å². The highest BCUT2D eigenvalue weighted by atomic mass is 28.4. The molecule has 2 aromatic rings. The van der Waals surface area contributed by atoms with Gasteiger partial charge in [-0.3, -0.25) is 24.5 Å². The molecule has 0 spiro atoms. The van der Waals surface area contributed by atoms with Gasteiger partial charge in [-0.2, -0.15) is 0 Å². The summed E-state index contributed by atoms with van der Waals surface area (Å²) in [5, 5.41) is 21.0. The van der Waals surface area contributed by atoms with Gasteiger partial charge in [0.25, 0.3) is 11.2 Å². The van der Waals surface area contributed by atoms with Gasteiger partial charge in [0, 0.05) is 18.7 Å². The minimum atomic E-state index is -2.16. The van der Waals surface area contributed by atoms with Crippen LogP contribution in [0.1, 0.15) is 44.5 Å². The predicted molar refractivity (Wildman–Crippen MR) is 131 cm³/mol. The van der Waals surface area contributed by atoms with Crippen LogP contribution in [0.15, 0.2) is 40.1 Å². The van der Waals surface area contributed by atoms with Gasteiger partial charge in [-0.25, -0.2) is 4.79 Å². The highest BCUT2D eigenvalue weighted by Crippen LogP contribution is 2.40. The lowest BCUT2D eigenvalue weighted by Gasteiger charge is -2.39. The molecule has 1 aromatic heterocycles.